The molecule has 3 fully saturated rings. The molecule has 103 heavy (non-hydrogen) atoms. The van der Waals surface area contributed by atoms with E-state index in [0.717, 1.165) is 55.4 Å². The molecule has 0 spiro atoms. The van der Waals surface area contributed by atoms with E-state index < -0.39 is 177 Å². The summed E-state index contributed by atoms with van der Waals surface area (Å²) in [5.41, 5.74) is 0. The molecule has 0 radical (unpaired) electrons. The van der Waals surface area contributed by atoms with Crippen LogP contribution in [0.15, 0.2) is 0 Å². The average molecular weight is 1480 g/mol. The molecule has 0 saturated carbocycles. The molecule has 0 aromatic carbocycles. The number of carbonyl (C=O) groups excluding carboxylic acids is 15. The molecule has 15 atom stereocenters. The van der Waals surface area contributed by atoms with E-state index in [1.54, 1.807) is 4.90 Å². The van der Waals surface area contributed by atoms with Gasteiger partial charge < -0.3 is 103 Å². The summed E-state index contributed by atoms with van der Waals surface area (Å²) >= 11 is 0. The number of nitrogens with zero attached hydrogens (tertiary/aromatic N) is 1. The molecule has 3 aliphatic heterocycles. The van der Waals surface area contributed by atoms with Crippen LogP contribution >= 0.6 is 0 Å². The van der Waals surface area contributed by atoms with Gasteiger partial charge in [-0.15, -0.1) is 0 Å². The van der Waals surface area contributed by atoms with Crippen LogP contribution in [0, 0.1) is 0 Å². The summed E-state index contributed by atoms with van der Waals surface area (Å²) in [6.45, 7) is 14.8. The van der Waals surface area contributed by atoms with E-state index >= 15 is 0 Å². The van der Waals surface area contributed by atoms with E-state index in [2.05, 4.69) is 26.6 Å². The number of amides is 5. The standard InChI is InChI=1S/C67H106N6O30/c1-38(74)70-56-62(98-47(10)83)59(95-44(7)80)51(35-92-41(4)77)101-65(56)89-32-18-14-24-50(86)23-13-17-30-73(55(88)26-16-20-34-91-67-58(72-40(3)76)64(100-49(12)85)61(97-46(9)82)53(103-67)37-94-43(6)79)31-22-28-68-27-21-29-69-54(87)25-15-19-33-90-66-57(71-39(2)75)63(99-48(11)84)60(96-45(8)81)52(102-66)36-93-42(5)78/h51-53,56-68H,13-37H2,1-12H3,(H,69,87)(H,70,74)(H,71,75)(H,72,76)/t51?,52?,53?,56?,57?,58?,59-,60-,61-,62+,63+,64+,65+,66+,67+/m0/s1. The second-order valence-corrected chi connectivity index (χ2v) is 24.8. The Morgan fingerprint density at radius 3 is 0.981 bits per heavy atom. The minimum Gasteiger partial charge on any atom is -0.463 e. The first-order valence-corrected chi connectivity index (χ1v) is 34.6. The van der Waals surface area contributed by atoms with Crippen LogP contribution in [0.4, 0.5) is 0 Å². The van der Waals surface area contributed by atoms with E-state index in [9.17, 15) is 71.9 Å². The van der Waals surface area contributed by atoms with Crippen LogP contribution in [0.3, 0.4) is 0 Å². The third-order valence-corrected chi connectivity index (χ3v) is 15.6. The van der Waals surface area contributed by atoms with Gasteiger partial charge in [0.2, 0.25) is 29.5 Å². The number of nitrogens with one attached hydrogen (secondary N) is 5. The Hall–Kier alpha value is -8.03. The maximum absolute atomic E-state index is 14.0. The molecule has 5 N–H and O–H groups in total. The Morgan fingerprint density at radius 2 is 0.641 bits per heavy atom. The van der Waals surface area contributed by atoms with E-state index in [1.807, 2.05) is 0 Å². The molecule has 3 rings (SSSR count). The third kappa shape index (κ3) is 35.8. The van der Waals surface area contributed by atoms with Gasteiger partial charge in [0, 0.05) is 148 Å². The summed E-state index contributed by atoms with van der Waals surface area (Å²) in [7, 11) is 0. The van der Waals surface area contributed by atoms with Crippen molar-refractivity contribution < 1.29 is 143 Å². The number of unbranched alkanes of at least 4 members (excludes halogenated alkanes) is 4. The van der Waals surface area contributed by atoms with Gasteiger partial charge in [0.15, 0.2) is 55.5 Å². The molecule has 36 nitrogen and oxygen atoms in total. The summed E-state index contributed by atoms with van der Waals surface area (Å²) in [5.74, 6) is -8.57. The monoisotopic (exact) mass is 1470 g/mol. The molecule has 3 heterocycles. The summed E-state index contributed by atoms with van der Waals surface area (Å²) in [6.07, 6.45) is -10.2. The second kappa shape index (κ2) is 48.1. The maximum Gasteiger partial charge on any atom is 0.303 e. The lowest BCUT2D eigenvalue weighted by Crippen LogP contribution is -2.66. The Bertz CT molecular complexity index is 2810. The molecule has 3 aliphatic rings. The zero-order chi connectivity index (χ0) is 76.7. The fourth-order valence-electron chi connectivity index (χ4n) is 11.4. The molecule has 5 amide bonds. The molecular weight excluding hydrogens is 1370 g/mol. The Morgan fingerprint density at radius 1 is 0.330 bits per heavy atom. The molecule has 6 unspecified atom stereocenters. The quantitative estimate of drug-likeness (QED) is 0.0316. The normalized spacial score (nSPS) is 24.3. The summed E-state index contributed by atoms with van der Waals surface area (Å²) in [5, 5.41) is 14.1. The molecule has 0 aromatic heterocycles. The first-order valence-electron chi connectivity index (χ1n) is 34.6. The van der Waals surface area contributed by atoms with Crippen LogP contribution in [0.2, 0.25) is 0 Å². The van der Waals surface area contributed by atoms with E-state index in [-0.39, 0.29) is 69.7 Å². The van der Waals surface area contributed by atoms with Crippen LogP contribution in [-0.4, -0.2) is 258 Å². The largest absolute Gasteiger partial charge is 0.463 e. The van der Waals surface area contributed by atoms with Gasteiger partial charge in [-0.2, -0.15) is 0 Å². The van der Waals surface area contributed by atoms with Crippen molar-refractivity contribution in [2.45, 2.75) is 265 Å². The van der Waals surface area contributed by atoms with Crippen molar-refractivity contribution in [2.24, 2.45) is 0 Å². The predicted molar refractivity (Wildman–Crippen MR) is 352 cm³/mol. The molecule has 584 valence electrons. The van der Waals surface area contributed by atoms with Gasteiger partial charge in [0.05, 0.1) is 0 Å². The fourth-order valence-corrected chi connectivity index (χ4v) is 11.4. The van der Waals surface area contributed by atoms with Crippen LogP contribution in [0.5, 0.6) is 0 Å². The van der Waals surface area contributed by atoms with Gasteiger partial charge in [-0.1, -0.05) is 0 Å². The van der Waals surface area contributed by atoms with Crippen LogP contribution in [0.25, 0.3) is 0 Å². The zero-order valence-electron chi connectivity index (χ0n) is 61.0. The van der Waals surface area contributed by atoms with Gasteiger partial charge in [-0.05, 0) is 77.3 Å². The lowest BCUT2D eigenvalue weighted by atomic mass is 9.96. The van der Waals surface area contributed by atoms with E-state index in [4.69, 9.17) is 71.1 Å². The van der Waals surface area contributed by atoms with Gasteiger partial charge in [0.1, 0.15) is 62.0 Å². The SMILES string of the molecule is CC(=O)NC1[C@H](OCCCCC(=O)CCCCN(CCCNCCCNC(=O)CCCCO[C@@H]2OC(COC(C)=O)[C@H](OC(C)=O)[C@H](OC(C)=O)C2NC(C)=O)C(=O)CCCCO[C@@H]2OC(COC(C)=O)[C@H](OC(C)=O)[C@H](OC(C)=O)C2NC(C)=O)OC(COC(C)=O)[C@H](OC(C)=O)[C@@H]1OC(C)=O. The van der Waals surface area contributed by atoms with Gasteiger partial charge in [-0.25, -0.2) is 0 Å². The van der Waals surface area contributed by atoms with Crippen molar-refractivity contribution in [1.29, 1.82) is 0 Å². The number of Topliss-reactive ketones (excluding diaryl/α,β-unsaturated/α-hetero) is 1. The van der Waals surface area contributed by atoms with Crippen molar-refractivity contribution in [1.82, 2.24) is 31.5 Å². The zero-order valence-corrected chi connectivity index (χ0v) is 61.0. The number of ketones is 1. The number of ether oxygens (including phenoxy) is 15. The number of carbonyl (C=O) groups is 15. The molecular formula is C67H106N6O30. The van der Waals surface area contributed by atoms with Gasteiger partial charge in [0.25, 0.3) is 0 Å². The predicted octanol–water partition coefficient (Wildman–Crippen LogP) is 0.569. The Labute approximate surface area is 598 Å². The first-order chi connectivity index (χ1) is 48.8. The van der Waals surface area contributed by atoms with Crippen LogP contribution in [-0.2, 0) is 143 Å². The highest BCUT2D eigenvalue weighted by atomic mass is 16.7. The average Bonchev–Trinajstić information content (AvgIpc) is 0.802. The minimum absolute atomic E-state index is 0.0169. The molecule has 3 saturated heterocycles. The Balaban J connectivity index is 1.59. The van der Waals surface area contributed by atoms with Crippen molar-refractivity contribution in [2.75, 3.05) is 72.4 Å². The number of hydrogen-bond donors (Lipinski definition) is 5. The van der Waals surface area contributed by atoms with Crippen molar-refractivity contribution in [3.63, 3.8) is 0 Å². The smallest absolute Gasteiger partial charge is 0.303 e. The highest BCUT2D eigenvalue weighted by Gasteiger charge is 2.54. The topological polar surface area (TPSA) is 458 Å². The third-order valence-electron chi connectivity index (χ3n) is 15.6. The minimum atomic E-state index is -1.32. The number of rotatable bonds is 46. The summed E-state index contributed by atoms with van der Waals surface area (Å²) < 4.78 is 84.6. The van der Waals surface area contributed by atoms with Crippen molar-refractivity contribution in [3.8, 4) is 0 Å². The summed E-state index contributed by atoms with van der Waals surface area (Å²) in [6, 6.07) is -3.47. The van der Waals surface area contributed by atoms with Crippen molar-refractivity contribution >= 4 is 89.0 Å². The highest BCUT2D eigenvalue weighted by molar-refractivity contribution is 5.79. The van der Waals surface area contributed by atoms with E-state index in [1.165, 1.54) is 27.7 Å². The molecule has 0 bridgehead atoms. The van der Waals surface area contributed by atoms with Crippen LogP contribution < -0.4 is 26.6 Å². The van der Waals surface area contributed by atoms with Crippen LogP contribution in [0.1, 0.15) is 173 Å². The lowest BCUT2D eigenvalue weighted by molar-refractivity contribution is -0.277. The Kier molecular flexibility index (Phi) is 41.6. The molecule has 0 aliphatic carbocycles. The molecule has 36 heteroatoms. The summed E-state index contributed by atoms with van der Waals surface area (Å²) in [4.78, 5) is 187. The van der Waals surface area contributed by atoms with Crippen molar-refractivity contribution in [3.05, 3.63) is 0 Å². The lowest BCUT2D eigenvalue weighted by Gasteiger charge is -2.44. The number of hydrogen-bond acceptors (Lipinski definition) is 31. The first kappa shape index (κ1) is 89.2. The van der Waals surface area contributed by atoms with E-state index in [0.29, 0.717) is 96.9 Å². The maximum atomic E-state index is 14.0. The second-order valence-electron chi connectivity index (χ2n) is 24.8. The van der Waals surface area contributed by atoms with Gasteiger partial charge in [-0.3, -0.25) is 71.9 Å². The van der Waals surface area contributed by atoms with Gasteiger partial charge >= 0.3 is 53.7 Å². The highest BCUT2D eigenvalue weighted by Crippen LogP contribution is 2.32. The number of esters is 9. The fraction of sp³-hybridized carbons (Fsp3) is 0.776. The molecule has 0 aromatic rings.